The van der Waals surface area contributed by atoms with Gasteiger partial charge in [-0.2, -0.15) is 0 Å². The Morgan fingerprint density at radius 1 is 1.50 bits per heavy atom. The number of benzene rings is 1. The van der Waals surface area contributed by atoms with Crippen molar-refractivity contribution in [1.82, 2.24) is 0 Å². The summed E-state index contributed by atoms with van der Waals surface area (Å²) in [7, 11) is -1.04. The summed E-state index contributed by atoms with van der Waals surface area (Å²) >= 11 is 0. The Morgan fingerprint density at radius 2 is 2.19 bits per heavy atom. The third kappa shape index (κ3) is 2.82. The first-order valence-corrected chi connectivity index (χ1v) is 8.42. The molecule has 1 aromatic rings. The average Bonchev–Trinajstić information content (AvgIpc) is 2.28. The molecule has 2 nitrogen and oxygen atoms in total. The van der Waals surface area contributed by atoms with E-state index < -0.39 is 8.80 Å². The van der Waals surface area contributed by atoms with E-state index in [4.69, 9.17) is 4.74 Å². The second-order valence-corrected chi connectivity index (χ2v) is 6.86. The minimum Gasteiger partial charge on any atom is -0.462 e. The molecule has 16 heavy (non-hydrogen) atoms. The molecule has 0 N–H and O–H groups in total. The van der Waals surface area contributed by atoms with Gasteiger partial charge in [-0.05, 0) is 23.7 Å². The first kappa shape index (κ1) is 12.7. The monoisotopic (exact) mass is 234 g/mol. The van der Waals surface area contributed by atoms with Crippen LogP contribution < -0.4 is 5.19 Å². The molecule has 3 heteroatoms. The maximum absolute atomic E-state index is 11.7. The molecule has 0 amide bonds. The van der Waals surface area contributed by atoms with Gasteiger partial charge in [0.2, 0.25) is 0 Å². The predicted octanol–water partition coefficient (Wildman–Crippen LogP) is 2.20. The lowest BCUT2D eigenvalue weighted by Crippen LogP contribution is -2.30. The molecule has 0 bridgehead atoms. The third-order valence-electron chi connectivity index (χ3n) is 2.43. The van der Waals surface area contributed by atoms with E-state index in [1.165, 1.54) is 0 Å². The Bertz CT molecular complexity index is 397. The molecule has 0 saturated heterocycles. The Balaban J connectivity index is 3.17. The fourth-order valence-corrected chi connectivity index (χ4v) is 2.94. The van der Waals surface area contributed by atoms with E-state index in [1.807, 2.05) is 19.1 Å². The molecule has 0 unspecified atom stereocenters. The normalized spacial score (nSPS) is 10.2. The summed E-state index contributed by atoms with van der Waals surface area (Å²) < 4.78 is 5.05. The van der Waals surface area contributed by atoms with Crippen LogP contribution in [0.5, 0.6) is 0 Å². The molecule has 1 rings (SSSR count). The van der Waals surface area contributed by atoms with Gasteiger partial charge in [0.15, 0.2) is 0 Å². The highest BCUT2D eigenvalue weighted by molar-refractivity contribution is 6.72. The van der Waals surface area contributed by atoms with Crippen LogP contribution in [-0.4, -0.2) is 21.4 Å². The number of esters is 1. The van der Waals surface area contributed by atoms with Crippen LogP contribution in [0, 0.1) is 0 Å². The number of hydrogen-bond donors (Lipinski definition) is 0. The third-order valence-corrected chi connectivity index (χ3v) is 4.15. The molecule has 1 aromatic carbocycles. The van der Waals surface area contributed by atoms with Crippen molar-refractivity contribution in [3.05, 3.63) is 35.9 Å². The largest absolute Gasteiger partial charge is 0.462 e. The van der Waals surface area contributed by atoms with Gasteiger partial charge in [-0.3, -0.25) is 0 Å². The van der Waals surface area contributed by atoms with Crippen LogP contribution in [0.4, 0.5) is 0 Å². The van der Waals surface area contributed by atoms with E-state index in [1.54, 1.807) is 6.08 Å². The molecule has 0 radical (unpaired) electrons. The fourth-order valence-electron chi connectivity index (χ4n) is 1.58. The standard InChI is InChI=1S/C13H18O2Si/c1-5-10-7-8-11(13(14)15-6-2)12(9-10)16(3)4/h5,7-9,16H,1,6H2,2-4H3. The molecule has 0 aliphatic rings. The van der Waals surface area contributed by atoms with Gasteiger partial charge < -0.3 is 4.74 Å². The van der Waals surface area contributed by atoms with Crippen LogP contribution in [0.3, 0.4) is 0 Å². The van der Waals surface area contributed by atoms with Gasteiger partial charge in [-0.15, -0.1) is 0 Å². The van der Waals surface area contributed by atoms with Crippen molar-refractivity contribution < 1.29 is 9.53 Å². The first-order valence-electron chi connectivity index (χ1n) is 5.53. The van der Waals surface area contributed by atoms with Crippen molar-refractivity contribution in [2.24, 2.45) is 0 Å². The summed E-state index contributed by atoms with van der Waals surface area (Å²) in [5.74, 6) is -0.214. The van der Waals surface area contributed by atoms with Crippen LogP contribution in [0.15, 0.2) is 24.8 Å². The van der Waals surface area contributed by atoms with Crippen molar-refractivity contribution in [1.29, 1.82) is 0 Å². The number of rotatable bonds is 4. The van der Waals surface area contributed by atoms with Gasteiger partial charge in [0, 0.05) is 0 Å². The maximum Gasteiger partial charge on any atom is 0.337 e. The molecule has 0 fully saturated rings. The smallest absolute Gasteiger partial charge is 0.337 e. The van der Waals surface area contributed by atoms with E-state index in [9.17, 15) is 4.79 Å². The van der Waals surface area contributed by atoms with Crippen molar-refractivity contribution in [2.45, 2.75) is 20.0 Å². The van der Waals surface area contributed by atoms with Gasteiger partial charge in [-0.1, -0.05) is 37.9 Å². The Labute approximate surface area is 98.5 Å². The number of carbonyl (C=O) groups is 1. The Morgan fingerprint density at radius 3 is 2.69 bits per heavy atom. The van der Waals surface area contributed by atoms with E-state index in [2.05, 4.69) is 25.7 Å². The summed E-state index contributed by atoms with van der Waals surface area (Å²) in [4.78, 5) is 11.7. The van der Waals surface area contributed by atoms with E-state index >= 15 is 0 Å². The van der Waals surface area contributed by atoms with Gasteiger partial charge in [0.1, 0.15) is 0 Å². The summed E-state index contributed by atoms with van der Waals surface area (Å²) in [6, 6.07) is 5.80. The number of hydrogen-bond acceptors (Lipinski definition) is 2. The number of carbonyl (C=O) groups excluding carboxylic acids is 1. The van der Waals surface area contributed by atoms with Crippen LogP contribution in [-0.2, 0) is 4.74 Å². The van der Waals surface area contributed by atoms with Crippen LogP contribution >= 0.6 is 0 Å². The maximum atomic E-state index is 11.7. The van der Waals surface area contributed by atoms with Crippen LogP contribution in [0.2, 0.25) is 13.1 Å². The van der Waals surface area contributed by atoms with Crippen molar-refractivity contribution in [3.63, 3.8) is 0 Å². The lowest BCUT2D eigenvalue weighted by Gasteiger charge is -2.12. The second-order valence-electron chi connectivity index (χ2n) is 3.93. The lowest BCUT2D eigenvalue weighted by atomic mass is 10.1. The predicted molar refractivity (Wildman–Crippen MR) is 71.0 cm³/mol. The van der Waals surface area contributed by atoms with Gasteiger partial charge >= 0.3 is 5.97 Å². The SMILES string of the molecule is C=Cc1ccc(C(=O)OCC)c([SiH](C)C)c1. The molecular weight excluding hydrogens is 216 g/mol. The topological polar surface area (TPSA) is 26.3 Å². The van der Waals surface area contributed by atoms with E-state index in [0.717, 1.165) is 10.8 Å². The molecular formula is C13H18O2Si. The van der Waals surface area contributed by atoms with Crippen LogP contribution in [0.25, 0.3) is 6.08 Å². The van der Waals surface area contributed by atoms with E-state index in [-0.39, 0.29) is 5.97 Å². The van der Waals surface area contributed by atoms with E-state index in [0.29, 0.717) is 12.2 Å². The highest BCUT2D eigenvalue weighted by Gasteiger charge is 2.15. The Kier molecular flexibility index (Phi) is 4.49. The zero-order chi connectivity index (χ0) is 12.1. The quantitative estimate of drug-likeness (QED) is 0.590. The molecule has 86 valence electrons. The highest BCUT2D eigenvalue weighted by Crippen LogP contribution is 2.07. The van der Waals surface area contributed by atoms with Crippen LogP contribution in [0.1, 0.15) is 22.8 Å². The molecule has 0 spiro atoms. The highest BCUT2D eigenvalue weighted by atomic mass is 28.3. The zero-order valence-electron chi connectivity index (χ0n) is 10.1. The van der Waals surface area contributed by atoms with Crippen molar-refractivity contribution >= 4 is 26.0 Å². The minimum absolute atomic E-state index is 0.214. The summed E-state index contributed by atoms with van der Waals surface area (Å²) in [5, 5.41) is 1.15. The van der Waals surface area contributed by atoms with Gasteiger partial charge in [0.25, 0.3) is 0 Å². The average molecular weight is 234 g/mol. The van der Waals surface area contributed by atoms with Gasteiger partial charge in [0.05, 0.1) is 21.0 Å². The molecule has 0 aliphatic carbocycles. The summed E-state index contributed by atoms with van der Waals surface area (Å²) in [6.07, 6.45) is 1.80. The van der Waals surface area contributed by atoms with Gasteiger partial charge in [-0.25, -0.2) is 4.79 Å². The molecule has 0 aromatic heterocycles. The number of ether oxygens (including phenoxy) is 1. The molecule has 0 atom stereocenters. The minimum atomic E-state index is -1.04. The zero-order valence-corrected chi connectivity index (χ0v) is 11.3. The molecule has 0 aliphatic heterocycles. The fraction of sp³-hybridized carbons (Fsp3) is 0.308. The lowest BCUT2D eigenvalue weighted by molar-refractivity contribution is 0.0528. The summed E-state index contributed by atoms with van der Waals surface area (Å²) in [5.41, 5.74) is 1.78. The van der Waals surface area contributed by atoms with Crippen molar-refractivity contribution in [2.75, 3.05) is 6.61 Å². The Hall–Kier alpha value is -1.35. The second kappa shape index (κ2) is 5.65. The van der Waals surface area contributed by atoms with Crippen molar-refractivity contribution in [3.8, 4) is 0 Å². The summed E-state index contributed by atoms with van der Waals surface area (Å²) in [6.45, 7) is 10.4. The first-order chi connectivity index (χ1) is 7.60. The molecule has 0 heterocycles. The molecule has 0 saturated carbocycles.